The first-order valence-corrected chi connectivity index (χ1v) is 15.6. The van der Waals surface area contributed by atoms with Crippen molar-refractivity contribution in [2.45, 2.75) is 109 Å². The summed E-state index contributed by atoms with van der Waals surface area (Å²) in [6.07, 6.45) is 8.02. The Hall–Kier alpha value is -1.21. The van der Waals surface area contributed by atoms with E-state index >= 15 is 0 Å². The van der Waals surface area contributed by atoms with E-state index in [9.17, 15) is 14.7 Å². The maximum Gasteiger partial charge on any atom is 0.225 e. The van der Waals surface area contributed by atoms with E-state index in [-0.39, 0.29) is 48.6 Å². The van der Waals surface area contributed by atoms with Crippen LogP contribution in [0.3, 0.4) is 0 Å². The van der Waals surface area contributed by atoms with E-state index in [1.807, 2.05) is 30.1 Å². The number of aliphatic hydroxyl groups excluding tert-OH is 1. The van der Waals surface area contributed by atoms with Gasteiger partial charge in [0.05, 0.1) is 31.3 Å². The van der Waals surface area contributed by atoms with Crippen molar-refractivity contribution in [3.05, 3.63) is 35.4 Å². The Bertz CT molecular complexity index is 750. The van der Waals surface area contributed by atoms with Gasteiger partial charge in [-0.05, 0) is 43.0 Å². The molecule has 0 unspecified atom stereocenters. The van der Waals surface area contributed by atoms with Gasteiger partial charge in [-0.3, -0.25) is 4.79 Å². The van der Waals surface area contributed by atoms with Crippen LogP contribution < -0.4 is 0 Å². The molecule has 1 amide bonds. The van der Waals surface area contributed by atoms with Crippen LogP contribution in [0.15, 0.2) is 24.3 Å². The highest BCUT2D eigenvalue weighted by molar-refractivity contribution is 6.71. The molecule has 1 fully saturated rings. The minimum atomic E-state index is -2.50. The van der Waals surface area contributed by atoms with Crippen LogP contribution in [0.2, 0.25) is 18.6 Å². The number of nitrogens with zero attached hydrogens (tertiary/aromatic N) is 1. The average Bonchev–Trinajstić information content (AvgIpc) is 3.07. The van der Waals surface area contributed by atoms with Crippen molar-refractivity contribution < 1.29 is 19.4 Å². The number of fused-ring (bicyclic) bond motifs is 1. The molecule has 1 aromatic carbocycles. The number of rotatable bonds is 10. The van der Waals surface area contributed by atoms with Crippen LogP contribution in [0.1, 0.15) is 69.9 Å². The number of hydrogen-bond donors (Lipinski definition) is 2. The van der Waals surface area contributed by atoms with Gasteiger partial charge in [-0.25, -0.2) is 0 Å². The smallest absolute Gasteiger partial charge is 0.225 e. The summed E-state index contributed by atoms with van der Waals surface area (Å²) in [7, 11) is -2.50. The molecule has 2 N–H and O–H groups in total. The second-order valence-corrected chi connectivity index (χ2v) is 14.5. The second-order valence-electron chi connectivity index (χ2n) is 10.5. The van der Waals surface area contributed by atoms with Gasteiger partial charge in [-0.15, -0.1) is 0 Å². The molecule has 1 saturated heterocycles. The Kier molecular flexibility index (Phi) is 8.95. The highest BCUT2D eigenvalue weighted by Gasteiger charge is 2.50. The molecule has 1 aromatic rings. The molecule has 6 heteroatoms. The summed E-state index contributed by atoms with van der Waals surface area (Å²) in [6.45, 7) is 8.88. The van der Waals surface area contributed by atoms with Gasteiger partial charge in [0.2, 0.25) is 5.91 Å². The predicted octanol–water partition coefficient (Wildman–Crippen LogP) is 4.65. The standard InChI is InChI=1S/C26H43NO4Si/c1-5-6-7-8-9-14-23-19(2)26(32(3,4)30)24(31-23)16-25(29)27-17-21-13-11-10-12-20(21)15-22(27)18-28/h10-13,19,22-24,26,28,30H,5-9,14-18H2,1-4H3/t19-,22+,23+,24-,26+/m1/s1. The number of carbonyl (C=O) groups excluding carboxylic acids is 1. The van der Waals surface area contributed by atoms with Crippen LogP contribution in [0.25, 0.3) is 0 Å². The van der Waals surface area contributed by atoms with Crippen molar-refractivity contribution >= 4 is 14.2 Å². The number of benzene rings is 1. The quantitative estimate of drug-likeness (QED) is 0.393. The topological polar surface area (TPSA) is 70.0 Å². The molecule has 32 heavy (non-hydrogen) atoms. The van der Waals surface area contributed by atoms with Crippen LogP contribution >= 0.6 is 0 Å². The predicted molar refractivity (Wildman–Crippen MR) is 131 cm³/mol. The fourth-order valence-electron chi connectivity index (χ4n) is 5.89. The van der Waals surface area contributed by atoms with E-state index < -0.39 is 8.32 Å². The minimum absolute atomic E-state index is 0.0302. The number of amides is 1. The number of unbranched alkanes of at least 4 members (excludes halogenated alkanes) is 4. The fourth-order valence-corrected chi connectivity index (χ4v) is 8.50. The van der Waals surface area contributed by atoms with E-state index in [4.69, 9.17) is 4.74 Å². The van der Waals surface area contributed by atoms with Crippen molar-refractivity contribution in [1.82, 2.24) is 4.90 Å². The lowest BCUT2D eigenvalue weighted by Gasteiger charge is -2.37. The lowest BCUT2D eigenvalue weighted by molar-refractivity contribution is -0.138. The first-order valence-electron chi connectivity index (χ1n) is 12.6. The third-order valence-corrected chi connectivity index (χ3v) is 10.1. The maximum atomic E-state index is 13.4. The molecule has 0 radical (unpaired) electrons. The zero-order chi connectivity index (χ0) is 23.3. The summed E-state index contributed by atoms with van der Waals surface area (Å²) < 4.78 is 6.48. The minimum Gasteiger partial charge on any atom is -0.432 e. The van der Waals surface area contributed by atoms with E-state index in [2.05, 4.69) is 26.0 Å². The van der Waals surface area contributed by atoms with E-state index in [1.165, 1.54) is 31.2 Å². The molecule has 0 saturated carbocycles. The van der Waals surface area contributed by atoms with E-state index in [0.29, 0.717) is 13.0 Å². The van der Waals surface area contributed by atoms with Gasteiger partial charge in [-0.1, -0.05) is 70.2 Å². The molecular formula is C26H43NO4Si. The van der Waals surface area contributed by atoms with Gasteiger partial charge in [0.25, 0.3) is 0 Å². The van der Waals surface area contributed by atoms with E-state index in [0.717, 1.165) is 18.4 Å². The summed E-state index contributed by atoms with van der Waals surface area (Å²) >= 11 is 0. The van der Waals surface area contributed by atoms with Crippen molar-refractivity contribution in [3.63, 3.8) is 0 Å². The van der Waals surface area contributed by atoms with Gasteiger partial charge in [0.15, 0.2) is 8.32 Å². The molecule has 5 nitrogen and oxygen atoms in total. The Labute approximate surface area is 195 Å². The summed E-state index contributed by atoms with van der Waals surface area (Å²) in [5.41, 5.74) is 2.42. The lowest BCUT2D eigenvalue weighted by atomic mass is 9.93. The largest absolute Gasteiger partial charge is 0.432 e. The molecule has 2 heterocycles. The zero-order valence-corrected chi connectivity index (χ0v) is 21.4. The maximum absolute atomic E-state index is 13.4. The van der Waals surface area contributed by atoms with Gasteiger partial charge in [0, 0.05) is 12.1 Å². The summed E-state index contributed by atoms with van der Waals surface area (Å²) in [5, 5.41) is 9.96. The first kappa shape index (κ1) is 25.4. The fraction of sp³-hybridized carbons (Fsp3) is 0.731. The SMILES string of the molecule is CCCCCCC[C@@H]1O[C@H](CC(=O)N2Cc3ccccc3C[C@H]2CO)[C@@H]([Si](C)(C)O)[C@@H]1C. The van der Waals surface area contributed by atoms with Crippen molar-refractivity contribution in [1.29, 1.82) is 0 Å². The highest BCUT2D eigenvalue weighted by atomic mass is 28.4. The molecular weight excluding hydrogens is 418 g/mol. The first-order chi connectivity index (χ1) is 15.3. The highest BCUT2D eigenvalue weighted by Crippen LogP contribution is 2.46. The summed E-state index contributed by atoms with van der Waals surface area (Å²) in [5.74, 6) is 0.295. The molecule has 0 spiro atoms. The van der Waals surface area contributed by atoms with Gasteiger partial charge in [-0.2, -0.15) is 0 Å². The van der Waals surface area contributed by atoms with Crippen molar-refractivity contribution in [2.75, 3.05) is 6.61 Å². The van der Waals surface area contributed by atoms with Gasteiger partial charge >= 0.3 is 0 Å². The van der Waals surface area contributed by atoms with Crippen molar-refractivity contribution in [3.8, 4) is 0 Å². The molecule has 2 aliphatic heterocycles. The van der Waals surface area contributed by atoms with Gasteiger partial charge < -0.3 is 19.5 Å². The van der Waals surface area contributed by atoms with Crippen LogP contribution in [0.4, 0.5) is 0 Å². The van der Waals surface area contributed by atoms with Crippen LogP contribution in [0, 0.1) is 5.92 Å². The van der Waals surface area contributed by atoms with Crippen LogP contribution in [-0.4, -0.2) is 53.9 Å². The number of hydrogen-bond acceptors (Lipinski definition) is 4. The molecule has 180 valence electrons. The molecule has 3 rings (SSSR count). The number of aliphatic hydroxyl groups is 1. The molecule has 0 aliphatic carbocycles. The number of carbonyl (C=O) groups is 1. The van der Waals surface area contributed by atoms with Crippen LogP contribution in [0.5, 0.6) is 0 Å². The van der Waals surface area contributed by atoms with Crippen molar-refractivity contribution in [2.24, 2.45) is 5.92 Å². The molecule has 0 aromatic heterocycles. The van der Waals surface area contributed by atoms with E-state index in [1.54, 1.807) is 0 Å². The monoisotopic (exact) mass is 461 g/mol. The summed E-state index contributed by atoms with van der Waals surface area (Å²) in [6, 6.07) is 7.98. The van der Waals surface area contributed by atoms with Gasteiger partial charge in [0.1, 0.15) is 0 Å². The molecule has 0 bridgehead atoms. The Morgan fingerprint density at radius 2 is 1.81 bits per heavy atom. The average molecular weight is 462 g/mol. The third kappa shape index (κ3) is 6.02. The third-order valence-electron chi connectivity index (χ3n) is 7.57. The number of ether oxygens (including phenoxy) is 1. The molecule has 2 aliphatic rings. The Balaban J connectivity index is 1.67. The normalized spacial score (nSPS) is 28.1. The molecule has 5 atom stereocenters. The Morgan fingerprint density at radius 1 is 1.12 bits per heavy atom. The summed E-state index contributed by atoms with van der Waals surface area (Å²) in [4.78, 5) is 26.3. The van der Waals surface area contributed by atoms with Crippen LogP contribution in [-0.2, 0) is 22.5 Å². The second kappa shape index (κ2) is 11.3. The zero-order valence-electron chi connectivity index (χ0n) is 20.4. The lowest BCUT2D eigenvalue weighted by Crippen LogP contribution is -2.48. The Morgan fingerprint density at radius 3 is 2.47 bits per heavy atom.